The van der Waals surface area contributed by atoms with E-state index in [0.29, 0.717) is 6.42 Å². The summed E-state index contributed by atoms with van der Waals surface area (Å²) in [5.74, 6) is -0.270. The van der Waals surface area contributed by atoms with E-state index >= 15 is 0 Å². The number of amides is 1. The smallest absolute Gasteiger partial charge is 0.222 e. The highest BCUT2D eigenvalue weighted by Gasteiger charge is 2.43. The van der Waals surface area contributed by atoms with Crippen LogP contribution in [0.25, 0.3) is 0 Å². The molecular formula is C24H45NO6. The number of ether oxygens (including phenoxy) is 1. The number of rotatable bonds is 17. The van der Waals surface area contributed by atoms with Crippen LogP contribution in [-0.4, -0.2) is 63.6 Å². The molecule has 1 aliphatic heterocycles. The predicted molar refractivity (Wildman–Crippen MR) is 121 cm³/mol. The number of carbonyl (C=O) groups excluding carboxylic acids is 1. The van der Waals surface area contributed by atoms with Crippen LogP contribution in [0.2, 0.25) is 0 Å². The van der Waals surface area contributed by atoms with E-state index in [-0.39, 0.29) is 5.91 Å². The van der Waals surface area contributed by atoms with E-state index in [0.717, 1.165) is 19.3 Å². The maximum atomic E-state index is 12.1. The van der Waals surface area contributed by atoms with E-state index in [1.165, 1.54) is 64.2 Å². The molecule has 0 aliphatic carbocycles. The van der Waals surface area contributed by atoms with Crippen molar-refractivity contribution in [3.63, 3.8) is 0 Å². The lowest BCUT2D eigenvalue weighted by molar-refractivity contribution is -0.236. The molecule has 7 nitrogen and oxygen atoms in total. The summed E-state index contributed by atoms with van der Waals surface area (Å²) in [6.07, 6.45) is 13.9. The SMILES string of the molecule is CCCCC=CCCCCCCCCCCCC(=O)N[C@@H]1O[C@H](CO)[C@@H](O)[C@H](O)[C@H]1O. The lowest BCUT2D eigenvalue weighted by Gasteiger charge is -2.40. The first kappa shape index (κ1) is 28.0. The highest BCUT2D eigenvalue weighted by atomic mass is 16.6. The van der Waals surface area contributed by atoms with Crippen molar-refractivity contribution in [2.75, 3.05) is 6.61 Å². The first-order chi connectivity index (χ1) is 15.0. The molecule has 0 radical (unpaired) electrons. The van der Waals surface area contributed by atoms with Crippen LogP contribution in [0.15, 0.2) is 12.2 Å². The fourth-order valence-electron chi connectivity index (χ4n) is 3.79. The second kappa shape index (κ2) is 17.6. The molecule has 1 rings (SSSR count). The molecule has 1 aliphatic rings. The summed E-state index contributed by atoms with van der Waals surface area (Å²) in [6, 6.07) is 0. The van der Waals surface area contributed by atoms with Crippen LogP contribution < -0.4 is 5.32 Å². The van der Waals surface area contributed by atoms with E-state index in [9.17, 15) is 25.2 Å². The van der Waals surface area contributed by atoms with Gasteiger partial charge in [0.2, 0.25) is 5.91 Å². The molecule has 1 fully saturated rings. The van der Waals surface area contributed by atoms with Crippen LogP contribution in [-0.2, 0) is 9.53 Å². The molecule has 0 aromatic carbocycles. The number of aliphatic hydroxyl groups is 4. The summed E-state index contributed by atoms with van der Waals surface area (Å²) >= 11 is 0. The molecule has 7 heteroatoms. The van der Waals surface area contributed by atoms with Crippen molar-refractivity contribution in [1.29, 1.82) is 0 Å². The van der Waals surface area contributed by atoms with E-state index in [1.54, 1.807) is 0 Å². The second-order valence-corrected chi connectivity index (χ2v) is 8.65. The minimum Gasteiger partial charge on any atom is -0.394 e. The fourth-order valence-corrected chi connectivity index (χ4v) is 3.79. The fraction of sp³-hybridized carbons (Fsp3) is 0.875. The standard InChI is InChI=1S/C24H45NO6/c1-2-3-4-5-6-7-8-9-10-11-12-13-14-15-16-17-20(27)25-24-23(30)22(29)21(28)19(18-26)31-24/h5-6,19,21-24,26,28-30H,2-4,7-18H2,1H3,(H,25,27)/t19-,21-,22+,23-,24-/m1/s1. The van der Waals surface area contributed by atoms with Gasteiger partial charge in [0.1, 0.15) is 24.4 Å². The van der Waals surface area contributed by atoms with Crippen LogP contribution in [0.3, 0.4) is 0 Å². The van der Waals surface area contributed by atoms with Crippen LogP contribution >= 0.6 is 0 Å². The third-order valence-electron chi connectivity index (χ3n) is 5.86. The maximum Gasteiger partial charge on any atom is 0.222 e. The summed E-state index contributed by atoms with van der Waals surface area (Å²) in [7, 11) is 0. The Morgan fingerprint density at radius 2 is 1.35 bits per heavy atom. The normalized spacial score (nSPS) is 26.4. The van der Waals surface area contributed by atoms with Crippen molar-refractivity contribution in [1.82, 2.24) is 5.32 Å². The zero-order valence-corrected chi connectivity index (χ0v) is 19.3. The van der Waals surface area contributed by atoms with Crippen LogP contribution in [0.4, 0.5) is 0 Å². The molecular weight excluding hydrogens is 398 g/mol. The lowest BCUT2D eigenvalue weighted by atomic mass is 9.98. The Bertz CT molecular complexity index is 485. The van der Waals surface area contributed by atoms with Gasteiger partial charge in [-0.2, -0.15) is 0 Å². The summed E-state index contributed by atoms with van der Waals surface area (Å²) < 4.78 is 5.28. The number of carbonyl (C=O) groups is 1. The lowest BCUT2D eigenvalue weighted by Crippen LogP contribution is -2.63. The maximum absolute atomic E-state index is 12.1. The molecule has 1 saturated heterocycles. The highest BCUT2D eigenvalue weighted by Crippen LogP contribution is 2.20. The van der Waals surface area contributed by atoms with Crippen LogP contribution in [0, 0.1) is 0 Å². The Hall–Kier alpha value is -0.990. The van der Waals surface area contributed by atoms with Crippen molar-refractivity contribution in [2.45, 2.75) is 127 Å². The largest absolute Gasteiger partial charge is 0.394 e. The van der Waals surface area contributed by atoms with Gasteiger partial charge in [-0.05, 0) is 25.7 Å². The number of nitrogens with one attached hydrogen (secondary N) is 1. The average molecular weight is 444 g/mol. The Morgan fingerprint density at radius 3 is 1.94 bits per heavy atom. The van der Waals surface area contributed by atoms with Gasteiger partial charge in [0.25, 0.3) is 0 Å². The average Bonchev–Trinajstić information content (AvgIpc) is 2.76. The molecule has 0 saturated carbocycles. The number of allylic oxidation sites excluding steroid dienone is 2. The Morgan fingerprint density at radius 1 is 0.806 bits per heavy atom. The van der Waals surface area contributed by atoms with Gasteiger partial charge in [0.15, 0.2) is 6.23 Å². The minimum atomic E-state index is -1.47. The second-order valence-electron chi connectivity index (χ2n) is 8.65. The first-order valence-corrected chi connectivity index (χ1v) is 12.3. The topological polar surface area (TPSA) is 119 Å². The summed E-state index contributed by atoms with van der Waals surface area (Å²) in [6.45, 7) is 1.71. The molecule has 0 aromatic rings. The summed E-state index contributed by atoms with van der Waals surface area (Å²) in [5.41, 5.74) is 0. The molecule has 0 aromatic heterocycles. The zero-order valence-electron chi connectivity index (χ0n) is 19.3. The van der Waals surface area contributed by atoms with Gasteiger partial charge >= 0.3 is 0 Å². The number of hydrogen-bond donors (Lipinski definition) is 5. The van der Waals surface area contributed by atoms with Gasteiger partial charge in [-0.25, -0.2) is 0 Å². The molecule has 31 heavy (non-hydrogen) atoms. The van der Waals surface area contributed by atoms with Gasteiger partial charge < -0.3 is 30.5 Å². The summed E-state index contributed by atoms with van der Waals surface area (Å²) in [5, 5.41) is 41.2. The van der Waals surface area contributed by atoms with Crippen molar-refractivity contribution >= 4 is 5.91 Å². The molecule has 0 unspecified atom stereocenters. The van der Waals surface area contributed by atoms with Gasteiger partial charge in [-0.1, -0.05) is 76.9 Å². The number of aliphatic hydroxyl groups excluding tert-OH is 4. The third-order valence-corrected chi connectivity index (χ3v) is 5.86. The van der Waals surface area contributed by atoms with Crippen molar-refractivity contribution in [3.05, 3.63) is 12.2 Å². The quantitative estimate of drug-likeness (QED) is 0.174. The van der Waals surface area contributed by atoms with Gasteiger partial charge in [-0.3, -0.25) is 4.79 Å². The summed E-state index contributed by atoms with van der Waals surface area (Å²) in [4.78, 5) is 12.1. The monoisotopic (exact) mass is 443 g/mol. The van der Waals surface area contributed by atoms with Gasteiger partial charge in [0.05, 0.1) is 6.61 Å². The third kappa shape index (κ3) is 12.0. The van der Waals surface area contributed by atoms with Crippen molar-refractivity contribution in [3.8, 4) is 0 Å². The van der Waals surface area contributed by atoms with Crippen molar-refractivity contribution in [2.24, 2.45) is 0 Å². The Labute approximate surface area is 187 Å². The number of hydrogen-bond acceptors (Lipinski definition) is 6. The van der Waals surface area contributed by atoms with E-state index in [2.05, 4.69) is 24.4 Å². The van der Waals surface area contributed by atoms with E-state index < -0.39 is 37.3 Å². The van der Waals surface area contributed by atoms with Gasteiger partial charge in [0, 0.05) is 6.42 Å². The molecule has 0 bridgehead atoms. The van der Waals surface area contributed by atoms with Crippen LogP contribution in [0.5, 0.6) is 0 Å². The minimum absolute atomic E-state index is 0.270. The molecule has 182 valence electrons. The first-order valence-electron chi connectivity index (χ1n) is 12.3. The molecule has 5 N–H and O–H groups in total. The number of unbranched alkanes of at least 4 members (excludes halogenated alkanes) is 11. The van der Waals surface area contributed by atoms with Crippen molar-refractivity contribution < 1.29 is 30.0 Å². The molecule has 0 spiro atoms. The predicted octanol–water partition coefficient (Wildman–Crippen LogP) is 2.94. The molecule has 5 atom stereocenters. The zero-order chi connectivity index (χ0) is 22.9. The van der Waals surface area contributed by atoms with E-state index in [1.807, 2.05) is 0 Å². The van der Waals surface area contributed by atoms with E-state index in [4.69, 9.17) is 4.74 Å². The van der Waals surface area contributed by atoms with Crippen LogP contribution in [0.1, 0.15) is 96.8 Å². The highest BCUT2D eigenvalue weighted by molar-refractivity contribution is 5.76. The molecule has 1 heterocycles. The Balaban J connectivity index is 1.97. The van der Waals surface area contributed by atoms with Gasteiger partial charge in [-0.15, -0.1) is 0 Å². The Kier molecular flexibility index (Phi) is 15.9. The molecule has 1 amide bonds.